The predicted molar refractivity (Wildman–Crippen MR) is 112 cm³/mol. The number of nitro groups is 1. The first-order chi connectivity index (χ1) is 14.8. The number of nitro benzene ring substituents is 1. The van der Waals surface area contributed by atoms with Gasteiger partial charge in [0.2, 0.25) is 0 Å². The molecule has 164 valence electrons. The van der Waals surface area contributed by atoms with Crippen molar-refractivity contribution in [1.29, 1.82) is 0 Å². The summed E-state index contributed by atoms with van der Waals surface area (Å²) in [5.41, 5.74) is 0.000810. The van der Waals surface area contributed by atoms with Crippen LogP contribution in [0, 0.1) is 16.0 Å². The molecule has 3 rings (SSSR count). The summed E-state index contributed by atoms with van der Waals surface area (Å²) in [7, 11) is 0. The normalized spacial score (nSPS) is 13.7. The first kappa shape index (κ1) is 21.9. The van der Waals surface area contributed by atoms with E-state index in [4.69, 9.17) is 14.6 Å². The van der Waals surface area contributed by atoms with E-state index in [-0.39, 0.29) is 23.7 Å². The molecule has 0 unspecified atom stereocenters. The van der Waals surface area contributed by atoms with E-state index in [0.29, 0.717) is 23.8 Å². The Labute approximate surface area is 178 Å². The lowest BCUT2D eigenvalue weighted by Crippen LogP contribution is -2.35. The highest BCUT2D eigenvalue weighted by molar-refractivity contribution is 6.05. The van der Waals surface area contributed by atoms with Crippen molar-refractivity contribution in [2.75, 3.05) is 18.5 Å². The summed E-state index contributed by atoms with van der Waals surface area (Å²) in [5, 5.41) is 24.8. The summed E-state index contributed by atoms with van der Waals surface area (Å²) in [4.78, 5) is 34.0. The van der Waals surface area contributed by atoms with Gasteiger partial charge in [0.05, 0.1) is 17.6 Å². The van der Waals surface area contributed by atoms with Crippen molar-refractivity contribution in [3.05, 3.63) is 58.1 Å². The van der Waals surface area contributed by atoms with Gasteiger partial charge in [-0.2, -0.15) is 0 Å². The number of hydrogen-bond acceptors (Lipinski definition) is 6. The topological polar surface area (TPSA) is 140 Å². The van der Waals surface area contributed by atoms with Crippen molar-refractivity contribution < 1.29 is 29.1 Å². The smallest absolute Gasteiger partial charge is 0.404 e. The molecule has 0 saturated heterocycles. The van der Waals surface area contributed by atoms with Crippen LogP contribution in [0.2, 0.25) is 0 Å². The Morgan fingerprint density at radius 1 is 1.16 bits per heavy atom. The Kier molecular flexibility index (Phi) is 6.91. The van der Waals surface area contributed by atoms with Crippen LogP contribution in [-0.4, -0.2) is 41.3 Å². The second-order valence-corrected chi connectivity index (χ2v) is 7.33. The molecule has 10 nitrogen and oxygen atoms in total. The fourth-order valence-electron chi connectivity index (χ4n) is 2.73. The molecule has 1 aliphatic carbocycles. The number of benzene rings is 2. The fraction of sp³-hybridized carbons (Fsp3) is 0.333. The van der Waals surface area contributed by atoms with E-state index in [0.717, 1.165) is 0 Å². The van der Waals surface area contributed by atoms with Crippen LogP contribution in [0.25, 0.3) is 0 Å². The molecule has 10 heteroatoms. The number of nitrogens with one attached hydrogen (secondary N) is 2. The van der Waals surface area contributed by atoms with Crippen molar-refractivity contribution in [3.63, 3.8) is 0 Å². The molecule has 0 aliphatic heterocycles. The SMILES string of the molecule is C[C@@H](COc1ccc([N+](=O)[O-])c(NC(=O)c2ccc(OCC3CC3)cc2)c1)NC(=O)O. The average molecular weight is 429 g/mol. The second-order valence-electron chi connectivity index (χ2n) is 7.33. The van der Waals surface area contributed by atoms with Crippen LogP contribution < -0.4 is 20.1 Å². The maximum absolute atomic E-state index is 12.6. The van der Waals surface area contributed by atoms with Gasteiger partial charge in [-0.1, -0.05) is 0 Å². The van der Waals surface area contributed by atoms with Gasteiger partial charge in [-0.05, 0) is 56.0 Å². The summed E-state index contributed by atoms with van der Waals surface area (Å²) in [6, 6.07) is 9.97. The van der Waals surface area contributed by atoms with Crippen LogP contribution in [0.4, 0.5) is 16.2 Å². The van der Waals surface area contributed by atoms with Gasteiger partial charge < -0.3 is 25.2 Å². The number of anilines is 1. The third-order valence-corrected chi connectivity index (χ3v) is 4.58. The van der Waals surface area contributed by atoms with E-state index in [1.54, 1.807) is 31.2 Å². The Bertz CT molecular complexity index is 958. The summed E-state index contributed by atoms with van der Waals surface area (Å²) in [5.74, 6) is 1.01. The second kappa shape index (κ2) is 9.79. The summed E-state index contributed by atoms with van der Waals surface area (Å²) < 4.78 is 11.1. The summed E-state index contributed by atoms with van der Waals surface area (Å²) >= 11 is 0. The molecule has 2 aromatic rings. The van der Waals surface area contributed by atoms with Crippen LogP contribution in [0.1, 0.15) is 30.1 Å². The van der Waals surface area contributed by atoms with Gasteiger partial charge in [0.1, 0.15) is 23.8 Å². The molecule has 2 aromatic carbocycles. The maximum atomic E-state index is 12.6. The molecular weight excluding hydrogens is 406 g/mol. The number of hydrogen-bond donors (Lipinski definition) is 3. The van der Waals surface area contributed by atoms with Gasteiger partial charge >= 0.3 is 6.09 Å². The Hall–Kier alpha value is -3.82. The number of ether oxygens (including phenoxy) is 2. The Morgan fingerprint density at radius 2 is 1.84 bits per heavy atom. The largest absolute Gasteiger partial charge is 0.493 e. The minimum atomic E-state index is -1.18. The van der Waals surface area contributed by atoms with Gasteiger partial charge in [0.25, 0.3) is 11.6 Å². The molecule has 0 spiro atoms. The first-order valence-electron chi connectivity index (χ1n) is 9.76. The lowest BCUT2D eigenvalue weighted by atomic mass is 10.2. The molecule has 31 heavy (non-hydrogen) atoms. The van der Waals surface area contributed by atoms with E-state index in [1.165, 1.54) is 31.0 Å². The molecule has 1 fully saturated rings. The highest BCUT2D eigenvalue weighted by atomic mass is 16.6. The molecule has 2 amide bonds. The molecule has 3 N–H and O–H groups in total. The number of nitrogens with zero attached hydrogens (tertiary/aromatic N) is 1. The highest BCUT2D eigenvalue weighted by Gasteiger charge is 2.22. The molecular formula is C21H23N3O7. The van der Waals surface area contributed by atoms with Crippen molar-refractivity contribution >= 4 is 23.4 Å². The fourth-order valence-corrected chi connectivity index (χ4v) is 2.73. The number of rotatable bonds is 10. The van der Waals surface area contributed by atoms with Gasteiger partial charge in [-0.15, -0.1) is 0 Å². The van der Waals surface area contributed by atoms with E-state index in [9.17, 15) is 19.7 Å². The van der Waals surface area contributed by atoms with Crippen molar-refractivity contribution in [3.8, 4) is 11.5 Å². The highest BCUT2D eigenvalue weighted by Crippen LogP contribution is 2.31. The molecule has 1 saturated carbocycles. The van der Waals surface area contributed by atoms with Crippen molar-refractivity contribution in [2.24, 2.45) is 5.92 Å². The van der Waals surface area contributed by atoms with Gasteiger partial charge in [0, 0.05) is 17.7 Å². The molecule has 1 atom stereocenters. The van der Waals surface area contributed by atoms with Gasteiger partial charge in [0.15, 0.2) is 0 Å². The molecule has 0 radical (unpaired) electrons. The number of amides is 2. The summed E-state index contributed by atoms with van der Waals surface area (Å²) in [6.45, 7) is 2.28. The zero-order chi connectivity index (χ0) is 22.4. The van der Waals surface area contributed by atoms with E-state index in [2.05, 4.69) is 10.6 Å². The summed E-state index contributed by atoms with van der Waals surface area (Å²) in [6.07, 6.45) is 1.17. The maximum Gasteiger partial charge on any atom is 0.404 e. The number of carbonyl (C=O) groups excluding carboxylic acids is 1. The van der Waals surface area contributed by atoms with Crippen LogP contribution in [0.3, 0.4) is 0 Å². The van der Waals surface area contributed by atoms with Gasteiger partial charge in [-0.25, -0.2) is 4.79 Å². The quantitative estimate of drug-likeness (QED) is 0.387. The Morgan fingerprint density at radius 3 is 2.45 bits per heavy atom. The predicted octanol–water partition coefficient (Wildman–Crippen LogP) is 3.67. The van der Waals surface area contributed by atoms with Crippen LogP contribution in [-0.2, 0) is 0 Å². The monoisotopic (exact) mass is 429 g/mol. The van der Waals surface area contributed by atoms with Crippen molar-refractivity contribution in [1.82, 2.24) is 5.32 Å². The third-order valence-electron chi connectivity index (χ3n) is 4.58. The van der Waals surface area contributed by atoms with Crippen LogP contribution in [0.5, 0.6) is 11.5 Å². The third kappa shape index (κ3) is 6.59. The lowest BCUT2D eigenvalue weighted by Gasteiger charge is -2.14. The molecule has 0 heterocycles. The minimum absolute atomic E-state index is 0.0137. The average Bonchev–Trinajstić information content (AvgIpc) is 3.55. The van der Waals surface area contributed by atoms with E-state index in [1.807, 2.05) is 0 Å². The van der Waals surface area contributed by atoms with Crippen molar-refractivity contribution in [2.45, 2.75) is 25.8 Å². The first-order valence-corrected chi connectivity index (χ1v) is 9.76. The standard InChI is InChI=1S/C21H23N3O7/c1-13(22-21(26)27)11-30-17-8-9-19(24(28)29)18(10-17)23-20(25)15-4-6-16(7-5-15)31-12-14-2-3-14/h4-10,13-14,22H,2-3,11-12H2,1H3,(H,23,25)(H,26,27)/t13-/m0/s1. The zero-order valence-corrected chi connectivity index (χ0v) is 16.9. The van der Waals surface area contributed by atoms with Crippen LogP contribution >= 0.6 is 0 Å². The molecule has 0 bridgehead atoms. The van der Waals surface area contributed by atoms with E-state index >= 15 is 0 Å². The molecule has 0 aromatic heterocycles. The van der Waals surface area contributed by atoms with E-state index < -0.39 is 23.0 Å². The number of carboxylic acid groups (broad SMARTS) is 1. The lowest BCUT2D eigenvalue weighted by molar-refractivity contribution is -0.383. The Balaban J connectivity index is 1.66. The number of carbonyl (C=O) groups is 2. The minimum Gasteiger partial charge on any atom is -0.493 e. The zero-order valence-electron chi connectivity index (χ0n) is 16.9. The van der Waals surface area contributed by atoms with Gasteiger partial charge in [-0.3, -0.25) is 14.9 Å². The molecule has 1 aliphatic rings. The van der Waals surface area contributed by atoms with Crippen LogP contribution in [0.15, 0.2) is 42.5 Å².